The number of hydrogen-bond donors (Lipinski definition) is 1. The molecular formula is C20H16N2O5S. The molecule has 1 heterocycles. The van der Waals surface area contributed by atoms with E-state index in [1.54, 1.807) is 25.1 Å². The Morgan fingerprint density at radius 2 is 1.86 bits per heavy atom. The Balaban J connectivity index is 1.67. The standard InChI is InChI=1S/C20H16N2O5S/c1-13-17(22(25)26)11-18(28-13)20(24)27-16-9-5-8-15(10-16)19(23)21-12-14-6-3-2-4-7-14/h2-11H,12H2,1H3,(H,21,23). The van der Waals surface area contributed by atoms with E-state index < -0.39 is 10.9 Å². The number of carbonyl (C=O) groups excluding carboxylic acids is 2. The second-order valence-electron chi connectivity index (χ2n) is 5.89. The average Bonchev–Trinajstić information content (AvgIpc) is 3.09. The molecule has 0 fully saturated rings. The SMILES string of the molecule is Cc1sc(C(=O)Oc2cccc(C(=O)NCc3ccccc3)c2)cc1[N+](=O)[O-]. The minimum Gasteiger partial charge on any atom is -0.422 e. The van der Waals surface area contributed by atoms with Crippen molar-refractivity contribution in [2.45, 2.75) is 13.5 Å². The Labute approximate surface area is 164 Å². The predicted octanol–water partition coefficient (Wildman–Crippen LogP) is 4.11. The van der Waals surface area contributed by atoms with Crippen LogP contribution >= 0.6 is 11.3 Å². The monoisotopic (exact) mass is 396 g/mol. The number of nitro groups is 1. The maximum absolute atomic E-state index is 12.3. The molecule has 1 N–H and O–H groups in total. The fourth-order valence-electron chi connectivity index (χ4n) is 2.49. The lowest BCUT2D eigenvalue weighted by molar-refractivity contribution is -0.385. The van der Waals surface area contributed by atoms with Crippen LogP contribution in [-0.2, 0) is 6.54 Å². The molecule has 8 heteroatoms. The highest BCUT2D eigenvalue weighted by Gasteiger charge is 2.21. The first-order chi connectivity index (χ1) is 13.4. The molecule has 1 amide bonds. The van der Waals surface area contributed by atoms with E-state index in [0.717, 1.165) is 16.9 Å². The van der Waals surface area contributed by atoms with Crippen LogP contribution in [0.3, 0.4) is 0 Å². The third-order valence-corrected chi connectivity index (χ3v) is 4.91. The first-order valence-electron chi connectivity index (χ1n) is 8.33. The van der Waals surface area contributed by atoms with E-state index in [-0.39, 0.29) is 22.2 Å². The van der Waals surface area contributed by atoms with Gasteiger partial charge in [-0.15, -0.1) is 11.3 Å². The fourth-order valence-corrected chi connectivity index (χ4v) is 3.36. The smallest absolute Gasteiger partial charge is 0.353 e. The van der Waals surface area contributed by atoms with Crippen molar-refractivity contribution in [2.75, 3.05) is 0 Å². The second kappa shape index (κ2) is 8.45. The van der Waals surface area contributed by atoms with E-state index in [1.807, 2.05) is 30.3 Å². The Kier molecular flexibility index (Phi) is 5.81. The first kappa shape index (κ1) is 19.2. The summed E-state index contributed by atoms with van der Waals surface area (Å²) in [5.41, 5.74) is 1.19. The van der Waals surface area contributed by atoms with Crippen molar-refractivity contribution < 1.29 is 19.2 Å². The van der Waals surface area contributed by atoms with E-state index in [9.17, 15) is 19.7 Å². The van der Waals surface area contributed by atoms with E-state index in [0.29, 0.717) is 17.0 Å². The number of esters is 1. The summed E-state index contributed by atoms with van der Waals surface area (Å²) < 4.78 is 5.27. The normalized spacial score (nSPS) is 10.3. The van der Waals surface area contributed by atoms with Crippen molar-refractivity contribution in [3.05, 3.63) is 91.7 Å². The Morgan fingerprint density at radius 1 is 1.11 bits per heavy atom. The molecule has 7 nitrogen and oxygen atoms in total. The van der Waals surface area contributed by atoms with Gasteiger partial charge in [0.1, 0.15) is 10.6 Å². The number of carbonyl (C=O) groups is 2. The van der Waals surface area contributed by atoms with Gasteiger partial charge in [-0.05, 0) is 30.7 Å². The zero-order valence-corrected chi connectivity index (χ0v) is 15.7. The van der Waals surface area contributed by atoms with Gasteiger partial charge in [-0.3, -0.25) is 14.9 Å². The summed E-state index contributed by atoms with van der Waals surface area (Å²) in [5.74, 6) is -0.821. The molecule has 0 spiro atoms. The van der Waals surface area contributed by atoms with Crippen LogP contribution < -0.4 is 10.1 Å². The molecule has 0 saturated carbocycles. The Morgan fingerprint density at radius 3 is 2.54 bits per heavy atom. The molecule has 28 heavy (non-hydrogen) atoms. The summed E-state index contributed by atoms with van der Waals surface area (Å²) in [7, 11) is 0. The highest BCUT2D eigenvalue weighted by atomic mass is 32.1. The maximum Gasteiger partial charge on any atom is 0.353 e. The van der Waals surface area contributed by atoms with E-state index in [1.165, 1.54) is 12.1 Å². The predicted molar refractivity (Wildman–Crippen MR) is 105 cm³/mol. The largest absolute Gasteiger partial charge is 0.422 e. The molecule has 142 valence electrons. The van der Waals surface area contributed by atoms with Gasteiger partial charge >= 0.3 is 5.97 Å². The molecule has 0 bridgehead atoms. The molecule has 0 saturated heterocycles. The molecule has 0 atom stereocenters. The zero-order chi connectivity index (χ0) is 20.1. The number of aryl methyl sites for hydroxylation is 1. The van der Waals surface area contributed by atoms with Crippen molar-refractivity contribution in [2.24, 2.45) is 0 Å². The number of ether oxygens (including phenoxy) is 1. The van der Waals surface area contributed by atoms with Gasteiger partial charge in [0.05, 0.1) is 9.80 Å². The Bertz CT molecular complexity index is 1030. The van der Waals surface area contributed by atoms with Crippen molar-refractivity contribution in [1.82, 2.24) is 5.32 Å². The third-order valence-electron chi connectivity index (χ3n) is 3.89. The van der Waals surface area contributed by atoms with Gasteiger partial charge in [0, 0.05) is 18.2 Å². The molecule has 1 aromatic heterocycles. The number of rotatable bonds is 6. The summed E-state index contributed by atoms with van der Waals surface area (Å²) >= 11 is 0.991. The highest BCUT2D eigenvalue weighted by molar-refractivity contribution is 7.14. The summed E-state index contributed by atoms with van der Waals surface area (Å²) in [5, 5.41) is 13.7. The summed E-state index contributed by atoms with van der Waals surface area (Å²) in [6.45, 7) is 1.94. The van der Waals surface area contributed by atoms with Crippen LogP contribution in [0.2, 0.25) is 0 Å². The molecular weight excluding hydrogens is 380 g/mol. The van der Waals surface area contributed by atoms with Gasteiger partial charge in [-0.2, -0.15) is 0 Å². The number of amides is 1. The van der Waals surface area contributed by atoms with Crippen LogP contribution in [0.15, 0.2) is 60.7 Å². The number of benzene rings is 2. The molecule has 0 unspecified atom stereocenters. The summed E-state index contributed by atoms with van der Waals surface area (Å²) in [4.78, 5) is 35.5. The van der Waals surface area contributed by atoms with Crippen LogP contribution in [0.1, 0.15) is 30.5 Å². The van der Waals surface area contributed by atoms with Crippen LogP contribution in [0.5, 0.6) is 5.75 Å². The zero-order valence-electron chi connectivity index (χ0n) is 14.9. The third kappa shape index (κ3) is 4.60. The topological polar surface area (TPSA) is 98.5 Å². The van der Waals surface area contributed by atoms with Gasteiger partial charge in [-0.25, -0.2) is 4.79 Å². The second-order valence-corrected chi connectivity index (χ2v) is 7.15. The van der Waals surface area contributed by atoms with Crippen molar-refractivity contribution in [3.8, 4) is 5.75 Å². The van der Waals surface area contributed by atoms with Gasteiger partial charge < -0.3 is 10.1 Å². The lowest BCUT2D eigenvalue weighted by Gasteiger charge is -2.07. The van der Waals surface area contributed by atoms with Crippen LogP contribution in [0.4, 0.5) is 5.69 Å². The van der Waals surface area contributed by atoms with Crippen LogP contribution in [0, 0.1) is 17.0 Å². The van der Waals surface area contributed by atoms with Gasteiger partial charge in [0.15, 0.2) is 0 Å². The molecule has 0 aliphatic heterocycles. The van der Waals surface area contributed by atoms with Gasteiger partial charge in [0.25, 0.3) is 11.6 Å². The number of hydrogen-bond acceptors (Lipinski definition) is 6. The van der Waals surface area contributed by atoms with Crippen molar-refractivity contribution in [1.29, 1.82) is 0 Å². The molecule has 0 aliphatic carbocycles. The number of nitrogens with zero attached hydrogens (tertiary/aromatic N) is 1. The number of nitrogens with one attached hydrogen (secondary N) is 1. The molecule has 3 rings (SSSR count). The van der Waals surface area contributed by atoms with E-state index in [2.05, 4.69) is 5.32 Å². The summed E-state index contributed by atoms with van der Waals surface area (Å²) in [6, 6.07) is 16.9. The molecule has 3 aromatic rings. The molecule has 0 radical (unpaired) electrons. The van der Waals surface area contributed by atoms with Crippen molar-refractivity contribution in [3.63, 3.8) is 0 Å². The maximum atomic E-state index is 12.3. The van der Waals surface area contributed by atoms with Crippen molar-refractivity contribution >= 4 is 28.9 Å². The highest BCUT2D eigenvalue weighted by Crippen LogP contribution is 2.29. The fraction of sp³-hybridized carbons (Fsp3) is 0.100. The van der Waals surface area contributed by atoms with Crippen LogP contribution in [0.25, 0.3) is 0 Å². The average molecular weight is 396 g/mol. The molecule has 2 aromatic carbocycles. The van der Waals surface area contributed by atoms with Crippen LogP contribution in [-0.4, -0.2) is 16.8 Å². The van der Waals surface area contributed by atoms with E-state index in [4.69, 9.17) is 4.74 Å². The first-order valence-corrected chi connectivity index (χ1v) is 9.15. The van der Waals surface area contributed by atoms with E-state index >= 15 is 0 Å². The van der Waals surface area contributed by atoms with Gasteiger partial charge in [-0.1, -0.05) is 36.4 Å². The lowest BCUT2D eigenvalue weighted by Crippen LogP contribution is -2.22. The summed E-state index contributed by atoms with van der Waals surface area (Å²) in [6.07, 6.45) is 0. The number of thiophene rings is 1. The minimum atomic E-state index is -0.706. The van der Waals surface area contributed by atoms with Gasteiger partial charge in [0.2, 0.25) is 0 Å². The minimum absolute atomic E-state index is 0.119. The Hall–Kier alpha value is -3.52. The quantitative estimate of drug-likeness (QED) is 0.293. The lowest BCUT2D eigenvalue weighted by atomic mass is 10.2. The molecule has 0 aliphatic rings.